The van der Waals surface area contributed by atoms with Crippen LogP contribution >= 0.6 is 0 Å². The van der Waals surface area contributed by atoms with Gasteiger partial charge < -0.3 is 10.3 Å². The highest BCUT2D eigenvalue weighted by atomic mass is 16.1. The van der Waals surface area contributed by atoms with Crippen molar-refractivity contribution in [2.24, 2.45) is 11.7 Å². The fourth-order valence-corrected chi connectivity index (χ4v) is 3.31. The molecule has 3 aromatic rings. The number of carbonyl (C=O) groups excluding carboxylic acids is 1. The van der Waals surface area contributed by atoms with Gasteiger partial charge >= 0.3 is 0 Å². The first-order chi connectivity index (χ1) is 12.0. The number of fused-ring (bicyclic) bond motifs is 1. The minimum absolute atomic E-state index is 0.0832. The van der Waals surface area contributed by atoms with Gasteiger partial charge in [0, 0.05) is 5.92 Å². The summed E-state index contributed by atoms with van der Waals surface area (Å²) in [7, 11) is 0. The smallest absolute Gasteiger partial charge is 0.237 e. The Kier molecular flexibility index (Phi) is 4.88. The van der Waals surface area contributed by atoms with E-state index < -0.39 is 0 Å². The molecule has 1 amide bonds. The number of imidazole rings is 1. The first kappa shape index (κ1) is 17.2. The van der Waals surface area contributed by atoms with E-state index in [1.807, 2.05) is 28.8 Å². The lowest BCUT2D eigenvalue weighted by Crippen LogP contribution is -2.21. The standard InChI is InChI=1S/C21H25N3O/c1-14(2)12-16-8-10-17(11-9-16)15(3)21-23-18-6-4-5-7-19(18)24(21)13-20(22)25/h4-11,14-15H,12-13H2,1-3H3,(H2,22,25)/t15-/m1/s1. The summed E-state index contributed by atoms with van der Waals surface area (Å²) in [6.45, 7) is 6.72. The minimum Gasteiger partial charge on any atom is -0.368 e. The number of hydrogen-bond donors (Lipinski definition) is 1. The number of benzene rings is 2. The summed E-state index contributed by atoms with van der Waals surface area (Å²) in [5, 5.41) is 0. The van der Waals surface area contributed by atoms with Crippen LogP contribution < -0.4 is 5.73 Å². The number of para-hydroxylation sites is 2. The molecule has 0 aliphatic carbocycles. The molecule has 0 saturated heterocycles. The van der Waals surface area contributed by atoms with Crippen molar-refractivity contribution in [1.82, 2.24) is 9.55 Å². The molecule has 1 heterocycles. The van der Waals surface area contributed by atoms with E-state index in [1.165, 1.54) is 11.1 Å². The van der Waals surface area contributed by atoms with Gasteiger partial charge in [0.1, 0.15) is 12.4 Å². The Hall–Kier alpha value is -2.62. The van der Waals surface area contributed by atoms with Crippen molar-refractivity contribution in [3.63, 3.8) is 0 Å². The Morgan fingerprint density at radius 3 is 2.40 bits per heavy atom. The molecule has 0 aliphatic heterocycles. The second-order valence-corrected chi connectivity index (χ2v) is 7.07. The maximum atomic E-state index is 11.5. The van der Waals surface area contributed by atoms with Crippen molar-refractivity contribution >= 4 is 16.9 Å². The van der Waals surface area contributed by atoms with Crippen molar-refractivity contribution in [3.8, 4) is 0 Å². The zero-order valence-electron chi connectivity index (χ0n) is 15.1. The maximum Gasteiger partial charge on any atom is 0.237 e. The number of amides is 1. The molecule has 4 heteroatoms. The Bertz CT molecular complexity index is 878. The zero-order chi connectivity index (χ0) is 18.0. The SMILES string of the molecule is CC(C)Cc1ccc([C@@H](C)c2nc3ccccc3n2CC(N)=O)cc1. The highest BCUT2D eigenvalue weighted by Crippen LogP contribution is 2.27. The maximum absolute atomic E-state index is 11.5. The van der Waals surface area contributed by atoms with Crippen LogP contribution in [0.5, 0.6) is 0 Å². The number of nitrogens with two attached hydrogens (primary N) is 1. The van der Waals surface area contributed by atoms with Crippen LogP contribution in [0.1, 0.15) is 43.6 Å². The van der Waals surface area contributed by atoms with E-state index in [0.29, 0.717) is 5.92 Å². The molecule has 25 heavy (non-hydrogen) atoms. The second-order valence-electron chi connectivity index (χ2n) is 7.07. The predicted octanol–water partition coefficient (Wildman–Crippen LogP) is 3.87. The number of aromatic nitrogens is 2. The van der Waals surface area contributed by atoms with Crippen molar-refractivity contribution in [3.05, 3.63) is 65.5 Å². The summed E-state index contributed by atoms with van der Waals surface area (Å²) in [4.78, 5) is 16.3. The molecule has 4 nitrogen and oxygen atoms in total. The molecule has 0 spiro atoms. The summed E-state index contributed by atoms with van der Waals surface area (Å²) in [5.41, 5.74) is 9.83. The highest BCUT2D eigenvalue weighted by molar-refractivity contribution is 5.80. The largest absolute Gasteiger partial charge is 0.368 e. The molecule has 2 aromatic carbocycles. The van der Waals surface area contributed by atoms with Gasteiger partial charge in [0.2, 0.25) is 5.91 Å². The third kappa shape index (κ3) is 3.73. The van der Waals surface area contributed by atoms with Crippen LogP contribution in [0.3, 0.4) is 0 Å². The van der Waals surface area contributed by atoms with Crippen LogP contribution in [0.15, 0.2) is 48.5 Å². The third-order valence-electron chi connectivity index (χ3n) is 4.51. The molecule has 0 aliphatic rings. The molecule has 3 rings (SSSR count). The molecule has 130 valence electrons. The van der Waals surface area contributed by atoms with Gasteiger partial charge in [0.05, 0.1) is 11.0 Å². The Labute approximate surface area is 148 Å². The number of primary amides is 1. The summed E-state index contributed by atoms with van der Waals surface area (Å²) in [6, 6.07) is 16.6. The number of hydrogen-bond acceptors (Lipinski definition) is 2. The molecule has 0 bridgehead atoms. The normalized spacial score (nSPS) is 12.6. The van der Waals surface area contributed by atoms with Crippen LogP contribution in [0.4, 0.5) is 0 Å². The summed E-state index contributed by atoms with van der Waals surface area (Å²) < 4.78 is 1.93. The van der Waals surface area contributed by atoms with Crippen LogP contribution in [0.25, 0.3) is 11.0 Å². The zero-order valence-corrected chi connectivity index (χ0v) is 15.1. The molecule has 1 atom stereocenters. The fraction of sp³-hybridized carbons (Fsp3) is 0.333. The van der Waals surface area contributed by atoms with Gasteiger partial charge in [-0.3, -0.25) is 4.79 Å². The van der Waals surface area contributed by atoms with Crippen LogP contribution in [-0.2, 0) is 17.8 Å². The van der Waals surface area contributed by atoms with Crippen LogP contribution in [0.2, 0.25) is 0 Å². The fourth-order valence-electron chi connectivity index (χ4n) is 3.31. The van der Waals surface area contributed by atoms with E-state index in [-0.39, 0.29) is 18.4 Å². The van der Waals surface area contributed by atoms with Crippen molar-refractivity contribution in [2.75, 3.05) is 0 Å². The molecule has 2 N–H and O–H groups in total. The number of nitrogens with zero attached hydrogens (tertiary/aromatic N) is 2. The molecule has 0 fully saturated rings. The van der Waals surface area contributed by atoms with Gasteiger partial charge in [-0.2, -0.15) is 0 Å². The lowest BCUT2D eigenvalue weighted by molar-refractivity contribution is -0.118. The minimum atomic E-state index is -0.358. The molecule has 1 aromatic heterocycles. The van der Waals surface area contributed by atoms with Crippen LogP contribution in [0, 0.1) is 5.92 Å². The molecule has 0 saturated carbocycles. The van der Waals surface area contributed by atoms with E-state index in [4.69, 9.17) is 10.7 Å². The van der Waals surface area contributed by atoms with E-state index in [1.54, 1.807) is 0 Å². The summed E-state index contributed by atoms with van der Waals surface area (Å²) >= 11 is 0. The first-order valence-electron chi connectivity index (χ1n) is 8.78. The van der Waals surface area contributed by atoms with Gasteiger partial charge in [-0.05, 0) is 35.6 Å². The highest BCUT2D eigenvalue weighted by Gasteiger charge is 2.19. The topological polar surface area (TPSA) is 60.9 Å². The van der Waals surface area contributed by atoms with Crippen molar-refractivity contribution < 1.29 is 4.79 Å². The predicted molar refractivity (Wildman–Crippen MR) is 101 cm³/mol. The van der Waals surface area contributed by atoms with E-state index >= 15 is 0 Å². The third-order valence-corrected chi connectivity index (χ3v) is 4.51. The molecule has 0 radical (unpaired) electrons. The van der Waals surface area contributed by atoms with Gasteiger partial charge in [-0.25, -0.2) is 4.98 Å². The summed E-state index contributed by atoms with van der Waals surface area (Å²) in [5.74, 6) is 1.24. The lowest BCUT2D eigenvalue weighted by atomic mass is 9.96. The van der Waals surface area contributed by atoms with Gasteiger partial charge in [-0.15, -0.1) is 0 Å². The summed E-state index contributed by atoms with van der Waals surface area (Å²) in [6.07, 6.45) is 1.08. The molecular weight excluding hydrogens is 310 g/mol. The monoisotopic (exact) mass is 335 g/mol. The Morgan fingerprint density at radius 2 is 1.76 bits per heavy atom. The average Bonchev–Trinajstić information content (AvgIpc) is 2.92. The Balaban J connectivity index is 1.98. The number of carbonyl (C=O) groups is 1. The van der Waals surface area contributed by atoms with E-state index in [2.05, 4.69) is 45.0 Å². The molecule has 0 unspecified atom stereocenters. The van der Waals surface area contributed by atoms with E-state index in [9.17, 15) is 4.79 Å². The lowest BCUT2D eigenvalue weighted by Gasteiger charge is -2.15. The number of rotatable bonds is 6. The van der Waals surface area contributed by atoms with Gasteiger partial charge in [0.15, 0.2) is 0 Å². The second kappa shape index (κ2) is 7.09. The van der Waals surface area contributed by atoms with Crippen molar-refractivity contribution in [2.45, 2.75) is 39.7 Å². The van der Waals surface area contributed by atoms with Gasteiger partial charge in [0.25, 0.3) is 0 Å². The first-order valence-corrected chi connectivity index (χ1v) is 8.78. The average molecular weight is 335 g/mol. The van der Waals surface area contributed by atoms with Crippen LogP contribution in [-0.4, -0.2) is 15.5 Å². The van der Waals surface area contributed by atoms with Crippen molar-refractivity contribution in [1.29, 1.82) is 0 Å². The Morgan fingerprint density at radius 1 is 1.08 bits per heavy atom. The van der Waals surface area contributed by atoms with Gasteiger partial charge in [-0.1, -0.05) is 57.2 Å². The van der Waals surface area contributed by atoms with E-state index in [0.717, 1.165) is 23.3 Å². The molecular formula is C21H25N3O. The quantitative estimate of drug-likeness (QED) is 0.743.